The van der Waals surface area contributed by atoms with Crippen LogP contribution in [0.4, 0.5) is 0 Å². The van der Waals surface area contributed by atoms with E-state index in [0.29, 0.717) is 19.6 Å². The predicted molar refractivity (Wildman–Crippen MR) is 102 cm³/mol. The molecular weight excluding hydrogens is 342 g/mol. The van der Waals surface area contributed by atoms with Gasteiger partial charge in [-0.1, -0.05) is 42.5 Å². The molecule has 2 rings (SSSR count). The first-order chi connectivity index (χ1) is 13.2. The SMILES string of the molecule is COc1ccc(CNC(=O)/C(C#N)=C\N(CCO)Cc2ccccc2)cc1. The van der Waals surface area contributed by atoms with E-state index in [9.17, 15) is 15.2 Å². The molecule has 0 bridgehead atoms. The molecule has 6 heteroatoms. The highest BCUT2D eigenvalue weighted by Crippen LogP contribution is 2.11. The maximum absolute atomic E-state index is 12.3. The van der Waals surface area contributed by atoms with Crippen LogP contribution in [0.15, 0.2) is 66.4 Å². The Morgan fingerprint density at radius 3 is 2.48 bits per heavy atom. The largest absolute Gasteiger partial charge is 0.497 e. The number of rotatable bonds is 9. The van der Waals surface area contributed by atoms with Gasteiger partial charge in [0.2, 0.25) is 0 Å². The molecule has 2 aromatic carbocycles. The van der Waals surface area contributed by atoms with Crippen molar-refractivity contribution >= 4 is 5.91 Å². The van der Waals surface area contributed by atoms with Crippen LogP contribution in [0.2, 0.25) is 0 Å². The van der Waals surface area contributed by atoms with Crippen LogP contribution in [0, 0.1) is 11.3 Å². The number of carbonyl (C=O) groups is 1. The van der Waals surface area contributed by atoms with E-state index in [0.717, 1.165) is 16.9 Å². The summed E-state index contributed by atoms with van der Waals surface area (Å²) in [6.45, 7) is 1.06. The van der Waals surface area contributed by atoms with Gasteiger partial charge < -0.3 is 20.1 Å². The summed E-state index contributed by atoms with van der Waals surface area (Å²) in [7, 11) is 1.59. The first-order valence-corrected chi connectivity index (χ1v) is 8.58. The summed E-state index contributed by atoms with van der Waals surface area (Å²) in [4.78, 5) is 14.1. The van der Waals surface area contributed by atoms with Gasteiger partial charge in [0.1, 0.15) is 17.4 Å². The number of benzene rings is 2. The van der Waals surface area contributed by atoms with E-state index in [2.05, 4.69) is 5.32 Å². The summed E-state index contributed by atoms with van der Waals surface area (Å²) in [5, 5.41) is 21.4. The molecule has 0 spiro atoms. The van der Waals surface area contributed by atoms with E-state index in [1.54, 1.807) is 12.0 Å². The number of nitriles is 1. The molecule has 140 valence electrons. The monoisotopic (exact) mass is 365 g/mol. The van der Waals surface area contributed by atoms with Gasteiger partial charge in [0.25, 0.3) is 5.91 Å². The van der Waals surface area contributed by atoms with Gasteiger partial charge in [-0.2, -0.15) is 5.26 Å². The Bertz CT molecular complexity index is 796. The van der Waals surface area contributed by atoms with Gasteiger partial charge in [-0.3, -0.25) is 4.79 Å². The van der Waals surface area contributed by atoms with Crippen LogP contribution in [0.25, 0.3) is 0 Å². The summed E-state index contributed by atoms with van der Waals surface area (Å²) in [5.41, 5.74) is 1.92. The number of aliphatic hydroxyl groups is 1. The molecule has 0 unspecified atom stereocenters. The summed E-state index contributed by atoms with van der Waals surface area (Å²) in [5.74, 6) is 0.285. The zero-order chi connectivity index (χ0) is 19.5. The molecule has 0 aliphatic heterocycles. The van der Waals surface area contributed by atoms with Crippen molar-refractivity contribution in [2.24, 2.45) is 0 Å². The number of nitrogens with zero attached hydrogens (tertiary/aromatic N) is 2. The topological polar surface area (TPSA) is 85.6 Å². The molecule has 0 aliphatic rings. The van der Waals surface area contributed by atoms with Crippen molar-refractivity contribution < 1.29 is 14.6 Å². The van der Waals surface area contributed by atoms with Crippen molar-refractivity contribution in [1.29, 1.82) is 5.26 Å². The zero-order valence-corrected chi connectivity index (χ0v) is 15.3. The van der Waals surface area contributed by atoms with Crippen molar-refractivity contribution in [3.8, 4) is 11.8 Å². The summed E-state index contributed by atoms with van der Waals surface area (Å²) >= 11 is 0. The molecule has 2 aromatic rings. The first kappa shape index (κ1) is 20.0. The maximum Gasteiger partial charge on any atom is 0.263 e. The fraction of sp³-hybridized carbons (Fsp3) is 0.238. The van der Waals surface area contributed by atoms with Gasteiger partial charge in [-0.25, -0.2) is 0 Å². The fourth-order valence-electron chi connectivity index (χ4n) is 2.48. The van der Waals surface area contributed by atoms with Crippen molar-refractivity contribution in [3.63, 3.8) is 0 Å². The quantitative estimate of drug-likeness (QED) is 0.526. The van der Waals surface area contributed by atoms with E-state index >= 15 is 0 Å². The van der Waals surface area contributed by atoms with Crippen LogP contribution in [0.5, 0.6) is 5.75 Å². The van der Waals surface area contributed by atoms with Crippen molar-refractivity contribution in [3.05, 3.63) is 77.5 Å². The average Bonchev–Trinajstić information content (AvgIpc) is 2.71. The molecule has 0 saturated carbocycles. The van der Waals surface area contributed by atoms with E-state index in [4.69, 9.17) is 4.74 Å². The molecular formula is C21H23N3O3. The number of methoxy groups -OCH3 is 1. The third-order valence-electron chi connectivity index (χ3n) is 3.90. The predicted octanol–water partition coefficient (Wildman–Crippen LogP) is 2.21. The Morgan fingerprint density at radius 1 is 1.19 bits per heavy atom. The van der Waals surface area contributed by atoms with Crippen LogP contribution >= 0.6 is 0 Å². The zero-order valence-electron chi connectivity index (χ0n) is 15.3. The lowest BCUT2D eigenvalue weighted by molar-refractivity contribution is -0.117. The standard InChI is InChI=1S/C21H23N3O3/c1-27-20-9-7-17(8-10-20)14-23-21(26)19(13-22)16-24(11-12-25)15-18-5-3-2-4-6-18/h2-10,16,25H,11-12,14-15H2,1H3,(H,23,26)/b19-16-. The van der Waals surface area contributed by atoms with Crippen molar-refractivity contribution in [2.75, 3.05) is 20.3 Å². The second-order valence-corrected chi connectivity index (χ2v) is 5.87. The number of hydrogen-bond acceptors (Lipinski definition) is 5. The molecule has 0 atom stereocenters. The lowest BCUT2D eigenvalue weighted by Gasteiger charge is -2.20. The van der Waals surface area contributed by atoms with Crippen LogP contribution in [0.3, 0.4) is 0 Å². The minimum atomic E-state index is -0.454. The average molecular weight is 365 g/mol. The third kappa shape index (κ3) is 6.49. The normalized spacial score (nSPS) is 10.8. The van der Waals surface area contributed by atoms with E-state index in [1.807, 2.05) is 60.7 Å². The van der Waals surface area contributed by atoms with Gasteiger partial charge in [0.05, 0.1) is 13.7 Å². The van der Waals surface area contributed by atoms with Gasteiger partial charge >= 0.3 is 0 Å². The highest BCUT2D eigenvalue weighted by molar-refractivity contribution is 5.97. The van der Waals surface area contributed by atoms with Gasteiger partial charge in [-0.15, -0.1) is 0 Å². The molecule has 0 saturated heterocycles. The Balaban J connectivity index is 2.02. The van der Waals surface area contributed by atoms with Gasteiger partial charge in [-0.05, 0) is 23.3 Å². The van der Waals surface area contributed by atoms with Crippen molar-refractivity contribution in [2.45, 2.75) is 13.1 Å². The number of nitrogens with one attached hydrogen (secondary N) is 1. The van der Waals surface area contributed by atoms with E-state index in [-0.39, 0.29) is 12.2 Å². The van der Waals surface area contributed by atoms with Crippen LogP contribution < -0.4 is 10.1 Å². The summed E-state index contributed by atoms with van der Waals surface area (Å²) in [6.07, 6.45) is 1.49. The van der Waals surface area contributed by atoms with Gasteiger partial charge in [0.15, 0.2) is 0 Å². The minimum Gasteiger partial charge on any atom is -0.497 e. The maximum atomic E-state index is 12.3. The van der Waals surface area contributed by atoms with E-state index in [1.165, 1.54) is 6.20 Å². The number of amides is 1. The molecule has 0 radical (unpaired) electrons. The Morgan fingerprint density at radius 2 is 1.89 bits per heavy atom. The number of ether oxygens (including phenoxy) is 1. The fourth-order valence-corrected chi connectivity index (χ4v) is 2.48. The molecule has 0 aliphatic carbocycles. The Kier molecular flexibility index (Phi) is 7.89. The molecule has 0 fully saturated rings. The second kappa shape index (κ2) is 10.6. The van der Waals surface area contributed by atoms with Crippen LogP contribution in [-0.2, 0) is 17.9 Å². The van der Waals surface area contributed by atoms with E-state index < -0.39 is 5.91 Å². The summed E-state index contributed by atoms with van der Waals surface area (Å²) in [6, 6.07) is 18.9. The molecule has 1 amide bonds. The summed E-state index contributed by atoms with van der Waals surface area (Å²) < 4.78 is 5.10. The number of hydrogen-bond donors (Lipinski definition) is 2. The third-order valence-corrected chi connectivity index (χ3v) is 3.90. The highest BCUT2D eigenvalue weighted by Gasteiger charge is 2.11. The minimum absolute atomic E-state index is 0.00658. The number of carbonyl (C=O) groups excluding carboxylic acids is 1. The molecule has 2 N–H and O–H groups in total. The van der Waals surface area contributed by atoms with Crippen molar-refractivity contribution in [1.82, 2.24) is 10.2 Å². The van der Waals surface area contributed by atoms with Gasteiger partial charge in [0, 0.05) is 25.8 Å². The van der Waals surface area contributed by atoms with Crippen LogP contribution in [0.1, 0.15) is 11.1 Å². The molecule has 6 nitrogen and oxygen atoms in total. The molecule has 0 aromatic heterocycles. The molecule has 0 heterocycles. The number of aliphatic hydroxyl groups excluding tert-OH is 1. The lowest BCUT2D eigenvalue weighted by Crippen LogP contribution is -2.27. The highest BCUT2D eigenvalue weighted by atomic mass is 16.5. The Labute approximate surface area is 159 Å². The molecule has 27 heavy (non-hydrogen) atoms. The van der Waals surface area contributed by atoms with Crippen LogP contribution in [-0.4, -0.2) is 36.2 Å². The lowest BCUT2D eigenvalue weighted by atomic mass is 10.2. The smallest absolute Gasteiger partial charge is 0.263 e. The second-order valence-electron chi connectivity index (χ2n) is 5.87. The first-order valence-electron chi connectivity index (χ1n) is 8.58. The Hall–Kier alpha value is -3.30.